The summed E-state index contributed by atoms with van der Waals surface area (Å²) in [7, 11) is 3.48. The van der Waals surface area contributed by atoms with Crippen LogP contribution in [0.5, 0.6) is 11.5 Å². The molecule has 2 aromatic rings. The lowest BCUT2D eigenvalue weighted by molar-refractivity contribution is 0.174. The van der Waals surface area contributed by atoms with Crippen LogP contribution in [-0.4, -0.2) is 28.7 Å². The van der Waals surface area contributed by atoms with Gasteiger partial charge in [-0.25, -0.2) is 4.98 Å². The first-order valence-corrected chi connectivity index (χ1v) is 5.57. The Morgan fingerprint density at radius 1 is 1.33 bits per heavy atom. The molecule has 0 unspecified atom stereocenters. The maximum Gasteiger partial charge on any atom is 0.231 e. The normalized spacial score (nSPS) is 13.0. The highest BCUT2D eigenvalue weighted by atomic mass is 16.7. The third-order valence-corrected chi connectivity index (χ3v) is 2.76. The Bertz CT molecular complexity index is 580. The van der Waals surface area contributed by atoms with Crippen molar-refractivity contribution < 1.29 is 14.2 Å². The summed E-state index contributed by atoms with van der Waals surface area (Å²) in [5, 5.41) is 4.35. The molecule has 1 aromatic carbocycles. The van der Waals surface area contributed by atoms with Crippen LogP contribution in [0.3, 0.4) is 0 Å². The molecule has 0 radical (unpaired) electrons. The summed E-state index contributed by atoms with van der Waals surface area (Å²) < 4.78 is 17.4. The Labute approximate surface area is 104 Å². The van der Waals surface area contributed by atoms with Crippen LogP contribution in [-0.2, 0) is 18.4 Å². The summed E-state index contributed by atoms with van der Waals surface area (Å²) in [5.74, 6) is 2.92. The molecular formula is C12H13N3O3. The second-order valence-corrected chi connectivity index (χ2v) is 3.98. The van der Waals surface area contributed by atoms with E-state index < -0.39 is 0 Å². The predicted molar refractivity (Wildman–Crippen MR) is 63.3 cm³/mol. The highest BCUT2D eigenvalue weighted by Crippen LogP contribution is 2.35. The number of hydrogen-bond acceptors (Lipinski definition) is 5. The van der Waals surface area contributed by atoms with Gasteiger partial charge in [0.1, 0.15) is 6.61 Å². The van der Waals surface area contributed by atoms with Crippen molar-refractivity contribution in [3.05, 3.63) is 24.0 Å². The Morgan fingerprint density at radius 3 is 3.00 bits per heavy atom. The largest absolute Gasteiger partial charge is 0.454 e. The minimum absolute atomic E-state index is 0.267. The third kappa shape index (κ3) is 1.80. The summed E-state index contributed by atoms with van der Waals surface area (Å²) in [6, 6.07) is 5.66. The Balaban J connectivity index is 1.97. The number of fused-ring (bicyclic) bond motifs is 1. The van der Waals surface area contributed by atoms with Crippen molar-refractivity contribution in [3.63, 3.8) is 0 Å². The van der Waals surface area contributed by atoms with Crippen LogP contribution < -0.4 is 9.47 Å². The molecule has 0 fully saturated rings. The van der Waals surface area contributed by atoms with Crippen LogP contribution in [0.2, 0.25) is 0 Å². The van der Waals surface area contributed by atoms with E-state index in [1.165, 1.54) is 0 Å². The topological polar surface area (TPSA) is 58.4 Å². The zero-order valence-corrected chi connectivity index (χ0v) is 10.2. The quantitative estimate of drug-likeness (QED) is 0.819. The molecule has 94 valence electrons. The molecule has 0 amide bonds. The standard InChI is InChI=1S/C12H13N3O3/c1-15-11(6-16-2)13-12(14-15)8-3-4-9-10(5-8)18-7-17-9/h3-5H,6-7H2,1-2H3. The average molecular weight is 247 g/mol. The number of methoxy groups -OCH3 is 1. The van der Waals surface area contributed by atoms with Crippen molar-refractivity contribution in [3.8, 4) is 22.9 Å². The fraction of sp³-hybridized carbons (Fsp3) is 0.333. The highest BCUT2D eigenvalue weighted by molar-refractivity contribution is 5.61. The van der Waals surface area contributed by atoms with E-state index in [2.05, 4.69) is 10.1 Å². The van der Waals surface area contributed by atoms with E-state index in [4.69, 9.17) is 14.2 Å². The van der Waals surface area contributed by atoms with Gasteiger partial charge in [-0.05, 0) is 18.2 Å². The zero-order chi connectivity index (χ0) is 12.5. The Kier molecular flexibility index (Phi) is 2.64. The van der Waals surface area contributed by atoms with Crippen LogP contribution in [0.4, 0.5) is 0 Å². The highest BCUT2D eigenvalue weighted by Gasteiger charge is 2.16. The number of hydrogen-bond donors (Lipinski definition) is 0. The van der Waals surface area contributed by atoms with E-state index in [1.807, 2.05) is 25.2 Å². The van der Waals surface area contributed by atoms with Gasteiger partial charge in [-0.3, -0.25) is 4.68 Å². The number of benzene rings is 1. The second-order valence-electron chi connectivity index (χ2n) is 3.98. The zero-order valence-electron chi connectivity index (χ0n) is 10.2. The van der Waals surface area contributed by atoms with E-state index >= 15 is 0 Å². The van der Waals surface area contributed by atoms with Crippen molar-refractivity contribution in [1.29, 1.82) is 0 Å². The Hall–Kier alpha value is -2.08. The molecule has 0 saturated heterocycles. The molecule has 0 bridgehead atoms. The van der Waals surface area contributed by atoms with Crippen molar-refractivity contribution in [1.82, 2.24) is 14.8 Å². The maximum atomic E-state index is 5.34. The van der Waals surface area contributed by atoms with Gasteiger partial charge in [-0.15, -0.1) is 0 Å². The van der Waals surface area contributed by atoms with Gasteiger partial charge in [-0.1, -0.05) is 0 Å². The smallest absolute Gasteiger partial charge is 0.231 e. The van der Waals surface area contributed by atoms with E-state index in [0.29, 0.717) is 12.4 Å². The fourth-order valence-corrected chi connectivity index (χ4v) is 1.83. The summed E-state index contributed by atoms with van der Waals surface area (Å²) in [6.45, 7) is 0.706. The minimum Gasteiger partial charge on any atom is -0.454 e. The molecule has 6 heteroatoms. The fourth-order valence-electron chi connectivity index (χ4n) is 1.83. The molecule has 3 rings (SSSR count). The van der Waals surface area contributed by atoms with Crippen LogP contribution >= 0.6 is 0 Å². The SMILES string of the molecule is COCc1nc(-c2ccc3c(c2)OCO3)nn1C. The van der Waals surface area contributed by atoms with E-state index in [1.54, 1.807) is 11.8 Å². The van der Waals surface area contributed by atoms with E-state index in [-0.39, 0.29) is 6.79 Å². The maximum absolute atomic E-state index is 5.34. The van der Waals surface area contributed by atoms with Gasteiger partial charge in [0.15, 0.2) is 23.1 Å². The summed E-state index contributed by atoms with van der Waals surface area (Å²) >= 11 is 0. The van der Waals surface area contributed by atoms with Gasteiger partial charge in [0.25, 0.3) is 0 Å². The number of aromatic nitrogens is 3. The number of rotatable bonds is 3. The lowest BCUT2D eigenvalue weighted by Gasteiger charge is -1.98. The first-order chi connectivity index (χ1) is 8.78. The van der Waals surface area contributed by atoms with Crippen molar-refractivity contribution >= 4 is 0 Å². The molecule has 0 spiro atoms. The molecular weight excluding hydrogens is 234 g/mol. The van der Waals surface area contributed by atoms with Crippen molar-refractivity contribution in [2.45, 2.75) is 6.61 Å². The number of aryl methyl sites for hydroxylation is 1. The first-order valence-electron chi connectivity index (χ1n) is 5.57. The molecule has 1 aliphatic rings. The molecule has 1 aromatic heterocycles. The average Bonchev–Trinajstić information content (AvgIpc) is 2.96. The van der Waals surface area contributed by atoms with Crippen LogP contribution in [0, 0.1) is 0 Å². The van der Waals surface area contributed by atoms with Crippen molar-refractivity contribution in [2.75, 3.05) is 13.9 Å². The summed E-state index contributed by atoms with van der Waals surface area (Å²) in [4.78, 5) is 4.43. The van der Waals surface area contributed by atoms with E-state index in [0.717, 1.165) is 22.9 Å². The third-order valence-electron chi connectivity index (χ3n) is 2.76. The molecule has 18 heavy (non-hydrogen) atoms. The molecule has 2 heterocycles. The van der Waals surface area contributed by atoms with Gasteiger partial charge < -0.3 is 14.2 Å². The van der Waals surface area contributed by atoms with Gasteiger partial charge in [-0.2, -0.15) is 5.10 Å². The number of ether oxygens (including phenoxy) is 3. The molecule has 1 aliphatic heterocycles. The van der Waals surface area contributed by atoms with Gasteiger partial charge in [0.2, 0.25) is 6.79 Å². The van der Waals surface area contributed by atoms with E-state index in [9.17, 15) is 0 Å². The Morgan fingerprint density at radius 2 is 2.17 bits per heavy atom. The first kappa shape index (κ1) is 11.0. The molecule has 6 nitrogen and oxygen atoms in total. The molecule has 0 aliphatic carbocycles. The predicted octanol–water partition coefficient (Wildman–Crippen LogP) is 1.36. The van der Waals surface area contributed by atoms with Gasteiger partial charge in [0.05, 0.1) is 0 Å². The lowest BCUT2D eigenvalue weighted by Crippen LogP contribution is -2.00. The molecule has 0 atom stereocenters. The van der Waals surface area contributed by atoms with Gasteiger partial charge >= 0.3 is 0 Å². The van der Waals surface area contributed by atoms with Gasteiger partial charge in [0, 0.05) is 19.7 Å². The second kappa shape index (κ2) is 4.30. The summed E-state index contributed by atoms with van der Waals surface area (Å²) in [6.07, 6.45) is 0. The van der Waals surface area contributed by atoms with Crippen LogP contribution in [0.15, 0.2) is 18.2 Å². The molecule has 0 N–H and O–H groups in total. The van der Waals surface area contributed by atoms with Crippen LogP contribution in [0.25, 0.3) is 11.4 Å². The lowest BCUT2D eigenvalue weighted by atomic mass is 10.2. The number of nitrogens with zero attached hydrogens (tertiary/aromatic N) is 3. The minimum atomic E-state index is 0.267. The summed E-state index contributed by atoms with van der Waals surface area (Å²) in [5.41, 5.74) is 0.900. The molecule has 0 saturated carbocycles. The monoisotopic (exact) mass is 247 g/mol. The van der Waals surface area contributed by atoms with Crippen molar-refractivity contribution in [2.24, 2.45) is 7.05 Å². The van der Waals surface area contributed by atoms with Crippen LogP contribution in [0.1, 0.15) is 5.82 Å².